The van der Waals surface area contributed by atoms with Crippen LogP contribution in [0, 0.1) is 11.6 Å². The van der Waals surface area contributed by atoms with Crippen LogP contribution in [0.1, 0.15) is 16.8 Å². The van der Waals surface area contributed by atoms with Gasteiger partial charge in [-0.3, -0.25) is 4.79 Å². The molecule has 3 N–H and O–H groups in total. The van der Waals surface area contributed by atoms with Crippen LogP contribution in [-0.2, 0) is 0 Å². The van der Waals surface area contributed by atoms with E-state index in [9.17, 15) is 13.6 Å². The summed E-state index contributed by atoms with van der Waals surface area (Å²) in [5, 5.41) is 2.96. The number of halogens is 2. The smallest absolute Gasteiger partial charge is 0.251 e. The third-order valence-corrected chi connectivity index (χ3v) is 3.77. The van der Waals surface area contributed by atoms with Gasteiger partial charge in [0.1, 0.15) is 11.6 Å². The fourth-order valence-electron chi connectivity index (χ4n) is 1.72. The highest BCUT2D eigenvalue weighted by Gasteiger charge is 2.19. The van der Waals surface area contributed by atoms with Gasteiger partial charge < -0.3 is 11.1 Å². The van der Waals surface area contributed by atoms with Crippen molar-refractivity contribution in [3.63, 3.8) is 0 Å². The van der Waals surface area contributed by atoms with E-state index in [2.05, 4.69) is 5.32 Å². The predicted octanol–water partition coefficient (Wildman–Crippen LogP) is 1.98. The molecule has 0 aliphatic carbocycles. The first-order valence-corrected chi connectivity index (χ1v) is 6.36. The van der Waals surface area contributed by atoms with Gasteiger partial charge in [-0.25, -0.2) is 8.78 Å². The quantitative estimate of drug-likeness (QED) is 0.871. The zero-order valence-corrected chi connectivity index (χ0v) is 9.82. The summed E-state index contributed by atoms with van der Waals surface area (Å²) in [6.07, 6.45) is 0.924. The number of primary amides is 1. The largest absolute Gasteiger partial charge is 0.379 e. The van der Waals surface area contributed by atoms with Gasteiger partial charge in [0, 0.05) is 17.9 Å². The first-order valence-electron chi connectivity index (χ1n) is 5.21. The van der Waals surface area contributed by atoms with Gasteiger partial charge in [0.15, 0.2) is 0 Å². The normalized spacial score (nSPS) is 19.3. The lowest BCUT2D eigenvalue weighted by molar-refractivity contribution is 0.0996. The molecule has 1 heterocycles. The first-order chi connectivity index (χ1) is 8.08. The fraction of sp³-hybridized carbons (Fsp3) is 0.364. The molecule has 1 fully saturated rings. The van der Waals surface area contributed by atoms with Crippen LogP contribution >= 0.6 is 11.8 Å². The Morgan fingerprint density at radius 2 is 2.18 bits per heavy atom. The predicted molar refractivity (Wildman–Crippen MR) is 64.2 cm³/mol. The summed E-state index contributed by atoms with van der Waals surface area (Å²) in [7, 11) is 0. The van der Waals surface area contributed by atoms with E-state index < -0.39 is 17.5 Å². The van der Waals surface area contributed by atoms with E-state index in [-0.39, 0.29) is 17.3 Å². The number of nitrogens with one attached hydrogen (secondary N) is 1. The maximum absolute atomic E-state index is 13.5. The molecule has 0 bridgehead atoms. The first kappa shape index (κ1) is 12.2. The van der Waals surface area contributed by atoms with Crippen LogP contribution in [0.5, 0.6) is 0 Å². The average Bonchev–Trinajstić information content (AvgIpc) is 2.74. The molecule has 3 nitrogen and oxygen atoms in total. The minimum atomic E-state index is -0.929. The molecular formula is C11H12F2N2OS. The number of rotatable bonds is 3. The summed E-state index contributed by atoms with van der Waals surface area (Å²) < 4.78 is 26.7. The highest BCUT2D eigenvalue weighted by Crippen LogP contribution is 2.25. The number of hydrogen-bond donors (Lipinski definition) is 2. The SMILES string of the molecule is NC(=O)c1cc(NC2CCSC2)c(F)cc1F. The molecule has 1 aliphatic rings. The second-order valence-electron chi connectivity index (χ2n) is 3.88. The van der Waals surface area contributed by atoms with E-state index in [1.165, 1.54) is 0 Å². The van der Waals surface area contributed by atoms with Crippen LogP contribution in [0.3, 0.4) is 0 Å². The topological polar surface area (TPSA) is 55.1 Å². The summed E-state index contributed by atoms with van der Waals surface area (Å²) in [5.74, 6) is -0.636. The van der Waals surface area contributed by atoms with Gasteiger partial charge in [0.2, 0.25) is 0 Å². The molecule has 1 aromatic rings. The molecule has 0 aromatic heterocycles. The third-order valence-electron chi connectivity index (χ3n) is 2.61. The van der Waals surface area contributed by atoms with Crippen LogP contribution < -0.4 is 11.1 Å². The zero-order chi connectivity index (χ0) is 12.4. The Balaban J connectivity index is 2.26. The van der Waals surface area contributed by atoms with Crippen LogP contribution in [0.4, 0.5) is 14.5 Å². The van der Waals surface area contributed by atoms with Crippen molar-refractivity contribution in [2.24, 2.45) is 5.73 Å². The number of carbonyl (C=O) groups is 1. The summed E-state index contributed by atoms with van der Waals surface area (Å²) in [5.41, 5.74) is 4.85. The molecule has 92 valence electrons. The van der Waals surface area contributed by atoms with Crippen molar-refractivity contribution in [1.82, 2.24) is 0 Å². The second-order valence-corrected chi connectivity index (χ2v) is 5.03. The monoisotopic (exact) mass is 258 g/mol. The minimum Gasteiger partial charge on any atom is -0.379 e. The number of hydrogen-bond acceptors (Lipinski definition) is 3. The van der Waals surface area contributed by atoms with Gasteiger partial charge in [0.25, 0.3) is 5.91 Å². The van der Waals surface area contributed by atoms with Gasteiger partial charge in [-0.1, -0.05) is 0 Å². The van der Waals surface area contributed by atoms with Gasteiger partial charge in [-0.05, 0) is 18.2 Å². The number of benzene rings is 1. The number of thioether (sulfide) groups is 1. The van der Waals surface area contributed by atoms with Crippen molar-refractivity contribution in [3.05, 3.63) is 29.3 Å². The number of carbonyl (C=O) groups excluding carboxylic acids is 1. The molecule has 17 heavy (non-hydrogen) atoms. The standard InChI is InChI=1S/C11H12F2N2OS/c12-8-4-9(13)10(3-7(8)11(14)16)15-6-1-2-17-5-6/h3-4,6,15H,1-2,5H2,(H2,14,16). The Hall–Kier alpha value is -1.30. The molecule has 1 aliphatic heterocycles. The maximum Gasteiger partial charge on any atom is 0.251 e. The van der Waals surface area contributed by atoms with E-state index in [1.54, 1.807) is 11.8 Å². The fourth-order valence-corrected chi connectivity index (χ4v) is 2.87. The van der Waals surface area contributed by atoms with Crippen molar-refractivity contribution in [2.75, 3.05) is 16.8 Å². The van der Waals surface area contributed by atoms with Gasteiger partial charge in [-0.2, -0.15) is 11.8 Å². The van der Waals surface area contributed by atoms with E-state index in [0.717, 1.165) is 24.0 Å². The zero-order valence-electron chi connectivity index (χ0n) is 9.00. The summed E-state index contributed by atoms with van der Waals surface area (Å²) in [4.78, 5) is 11.0. The Morgan fingerprint density at radius 3 is 2.76 bits per heavy atom. The maximum atomic E-state index is 13.5. The van der Waals surface area contributed by atoms with Crippen LogP contribution in [0.25, 0.3) is 0 Å². The van der Waals surface area contributed by atoms with Crippen LogP contribution in [0.15, 0.2) is 12.1 Å². The molecule has 1 aromatic carbocycles. The number of amides is 1. The molecule has 0 radical (unpaired) electrons. The van der Waals surface area contributed by atoms with E-state index in [4.69, 9.17) is 5.73 Å². The molecule has 0 spiro atoms. The summed E-state index contributed by atoms with van der Waals surface area (Å²) in [6, 6.07) is 1.97. The Kier molecular flexibility index (Phi) is 3.51. The summed E-state index contributed by atoms with van der Waals surface area (Å²) >= 11 is 1.77. The lowest BCUT2D eigenvalue weighted by Crippen LogP contribution is -2.20. The van der Waals surface area contributed by atoms with Gasteiger partial charge in [-0.15, -0.1) is 0 Å². The highest BCUT2D eigenvalue weighted by atomic mass is 32.2. The summed E-state index contributed by atoms with van der Waals surface area (Å²) in [6.45, 7) is 0. The van der Waals surface area contributed by atoms with Crippen LogP contribution in [-0.4, -0.2) is 23.5 Å². The van der Waals surface area contributed by atoms with Gasteiger partial charge >= 0.3 is 0 Å². The number of nitrogens with two attached hydrogens (primary N) is 1. The van der Waals surface area contributed by atoms with Crippen molar-refractivity contribution in [3.8, 4) is 0 Å². The molecule has 2 rings (SSSR count). The lowest BCUT2D eigenvalue weighted by atomic mass is 10.1. The molecule has 1 amide bonds. The van der Waals surface area contributed by atoms with Crippen molar-refractivity contribution in [2.45, 2.75) is 12.5 Å². The average molecular weight is 258 g/mol. The van der Waals surface area contributed by atoms with E-state index in [0.29, 0.717) is 6.07 Å². The molecular weight excluding hydrogens is 246 g/mol. The molecule has 1 saturated heterocycles. The van der Waals surface area contributed by atoms with Crippen molar-refractivity contribution < 1.29 is 13.6 Å². The molecule has 1 atom stereocenters. The van der Waals surface area contributed by atoms with Crippen molar-refractivity contribution >= 4 is 23.4 Å². The van der Waals surface area contributed by atoms with E-state index in [1.807, 2.05) is 0 Å². The molecule has 1 unspecified atom stereocenters. The van der Waals surface area contributed by atoms with Crippen LogP contribution in [0.2, 0.25) is 0 Å². The number of anilines is 1. The highest BCUT2D eigenvalue weighted by molar-refractivity contribution is 7.99. The Bertz CT molecular complexity index is 447. The second kappa shape index (κ2) is 4.91. The Labute approximate surface area is 102 Å². The lowest BCUT2D eigenvalue weighted by Gasteiger charge is -2.14. The van der Waals surface area contributed by atoms with Crippen molar-refractivity contribution in [1.29, 1.82) is 0 Å². The third kappa shape index (κ3) is 2.69. The Morgan fingerprint density at radius 1 is 1.41 bits per heavy atom. The van der Waals surface area contributed by atoms with E-state index >= 15 is 0 Å². The molecule has 6 heteroatoms. The van der Waals surface area contributed by atoms with Gasteiger partial charge in [0.05, 0.1) is 11.3 Å². The minimum absolute atomic E-state index is 0.132. The molecule has 0 saturated carbocycles.